The molecule has 2 aliphatic heterocycles. The van der Waals surface area contributed by atoms with E-state index in [9.17, 15) is 19.5 Å². The first kappa shape index (κ1) is 57.8. The SMILES string of the molecule is C.C.CC(=O)O[C@@]12CO[C@@H]1C[C@@H]1O[Si](C)(C)O[Si](C)(C)O[C@H]3C(=O)[C@@]1(C)[C@@H]2[C@H](OC(=O)c1ccccc1)[C@]1(O)C[C@H](OC(=O)[C@H](O[Si](C)(C)C)[C@@H](NC(=O)OC(C)(C)C)c2ccccc2)C(C)=C3C1(C)C. The molecule has 3 aliphatic carbocycles. The van der Waals surface area contributed by atoms with Gasteiger partial charge in [0.15, 0.2) is 25.8 Å². The van der Waals surface area contributed by atoms with Crippen molar-refractivity contribution in [3.8, 4) is 0 Å². The minimum absolute atomic E-state index is 0. The van der Waals surface area contributed by atoms with E-state index in [-0.39, 0.29) is 39.9 Å². The second-order valence-corrected chi connectivity index (χ2v) is 34.2. The molecule has 394 valence electrons. The molecule has 0 radical (unpaired) electrons. The Morgan fingerprint density at radius 1 is 0.873 bits per heavy atom. The number of carbonyl (C=O) groups is 5. The Labute approximate surface area is 423 Å². The van der Waals surface area contributed by atoms with Crippen molar-refractivity contribution in [2.75, 3.05) is 6.61 Å². The molecule has 0 aromatic heterocycles. The van der Waals surface area contributed by atoms with Crippen molar-refractivity contribution in [2.24, 2.45) is 16.7 Å². The number of Topliss-reactive ketones (excluding diaryl/α,β-unsaturated/α-hetero) is 1. The van der Waals surface area contributed by atoms with E-state index >= 15 is 9.59 Å². The molecule has 4 bridgehead atoms. The number of hydrogen-bond donors (Lipinski definition) is 2. The summed E-state index contributed by atoms with van der Waals surface area (Å²) in [6.07, 6.45) is -8.70. The average Bonchev–Trinajstić information content (AvgIpc) is 3.23. The van der Waals surface area contributed by atoms with Gasteiger partial charge in [-0.05, 0) is 109 Å². The maximum atomic E-state index is 16.4. The zero-order valence-electron chi connectivity index (χ0n) is 42.7. The lowest BCUT2D eigenvalue weighted by Gasteiger charge is -2.68. The quantitative estimate of drug-likeness (QED) is 0.0989. The van der Waals surface area contributed by atoms with Crippen molar-refractivity contribution in [3.63, 3.8) is 0 Å². The largest absolute Gasteiger partial charge is 0.456 e. The topological polar surface area (TPSA) is 201 Å². The Morgan fingerprint density at radius 3 is 1.99 bits per heavy atom. The fraction of sp³-hybridized carbons (Fsp3) is 0.635. The molecule has 2 aromatic carbocycles. The number of carbonyl (C=O) groups excluding carboxylic acids is 5. The lowest BCUT2D eigenvalue weighted by atomic mass is 9.44. The summed E-state index contributed by atoms with van der Waals surface area (Å²) in [6.45, 7) is 26.4. The van der Waals surface area contributed by atoms with Crippen LogP contribution in [0, 0.1) is 16.7 Å². The van der Waals surface area contributed by atoms with Gasteiger partial charge in [-0.25, -0.2) is 14.4 Å². The van der Waals surface area contributed by atoms with Crippen LogP contribution in [0.5, 0.6) is 0 Å². The highest BCUT2D eigenvalue weighted by Gasteiger charge is 2.79. The summed E-state index contributed by atoms with van der Waals surface area (Å²) in [4.78, 5) is 73.3. The summed E-state index contributed by atoms with van der Waals surface area (Å²) in [7, 11) is -9.23. The summed E-state index contributed by atoms with van der Waals surface area (Å²) < 4.78 is 59.3. The number of esters is 3. The zero-order valence-corrected chi connectivity index (χ0v) is 45.7. The molecular weight excluding hydrogens is 963 g/mol. The summed E-state index contributed by atoms with van der Waals surface area (Å²) in [5.41, 5.74) is -6.49. The standard InChI is InChI=1S/C50H71NO15Si3.2CH4/c1-29-33(59-44(55)39(64-67(9,10)11)37(31-22-18-16-19-23-31)51-45(56)62-46(3,4)5)27-50(57)42(60-43(54)32-24-20-17-21-25-32)40-48(8)34(26-35-49(40,28-58-35)61-30(2)52)63-68(12,13)66-69(14,15)65-38(41(48)53)36(29)47(50,6)7;;/h16-25,33-35,37-40,42,57H,26-28H2,1-15H3,(H,51,56);2*1H4/t33-,34-,35+,37-,38+,39+,40-,42-,48+,49-,50+;;/m0../s1. The van der Waals surface area contributed by atoms with Crippen molar-refractivity contribution in [2.45, 2.75) is 188 Å². The van der Waals surface area contributed by atoms with Gasteiger partial charge in [0.25, 0.3) is 0 Å². The van der Waals surface area contributed by atoms with Gasteiger partial charge in [-0.1, -0.05) is 77.2 Å². The first-order chi connectivity index (χ1) is 31.8. The molecule has 11 atom stereocenters. The molecule has 1 amide bonds. The monoisotopic (exact) mass is 1040 g/mol. The van der Waals surface area contributed by atoms with E-state index in [1.165, 1.54) is 6.92 Å². The molecule has 0 unspecified atom stereocenters. The molecule has 7 rings (SSSR count). The minimum Gasteiger partial charge on any atom is -0.456 e. The number of alkyl carbamates (subject to hydrolysis) is 1. The highest BCUT2D eigenvalue weighted by molar-refractivity contribution is 6.79. The second kappa shape index (κ2) is 20.0. The van der Waals surface area contributed by atoms with Crippen LogP contribution >= 0.6 is 0 Å². The molecule has 2 N–H and O–H groups in total. The number of hydrogen-bond acceptors (Lipinski definition) is 15. The number of amides is 1. The van der Waals surface area contributed by atoms with Gasteiger partial charge in [0.1, 0.15) is 35.6 Å². The number of rotatable bonds is 10. The Hall–Kier alpha value is -4.06. The second-order valence-electron chi connectivity index (χ2n) is 22.9. The lowest BCUT2D eigenvalue weighted by molar-refractivity contribution is -0.344. The van der Waals surface area contributed by atoms with Crippen molar-refractivity contribution < 1.29 is 70.2 Å². The fourth-order valence-electron chi connectivity index (χ4n) is 11.5. The smallest absolute Gasteiger partial charge is 0.408 e. The van der Waals surface area contributed by atoms with Crippen LogP contribution in [0.25, 0.3) is 0 Å². The molecule has 19 heteroatoms. The van der Waals surface area contributed by atoms with E-state index in [1.54, 1.807) is 109 Å². The number of fused-ring (bicyclic) bond motifs is 6. The average molecular weight is 1040 g/mol. The van der Waals surface area contributed by atoms with E-state index in [2.05, 4.69) is 5.32 Å². The number of nitrogens with one attached hydrogen (secondary N) is 1. The number of benzene rings is 2. The third-order valence-corrected chi connectivity index (χ3v) is 20.8. The van der Waals surface area contributed by atoms with E-state index < -0.39 is 131 Å². The number of ether oxygens (including phenoxy) is 5. The molecule has 71 heavy (non-hydrogen) atoms. The van der Waals surface area contributed by atoms with Gasteiger partial charge in [0.2, 0.25) is 0 Å². The van der Waals surface area contributed by atoms with Crippen molar-refractivity contribution in [1.82, 2.24) is 5.32 Å². The Kier molecular flexibility index (Phi) is 16.3. The van der Waals surface area contributed by atoms with E-state index in [4.69, 9.17) is 41.1 Å². The molecule has 2 aromatic rings. The third kappa shape index (κ3) is 10.9. The maximum Gasteiger partial charge on any atom is 0.408 e. The van der Waals surface area contributed by atoms with Gasteiger partial charge in [0.05, 0.1) is 35.6 Å². The van der Waals surface area contributed by atoms with Crippen molar-refractivity contribution in [3.05, 3.63) is 82.9 Å². The highest BCUT2D eigenvalue weighted by Crippen LogP contribution is 2.65. The molecule has 2 heterocycles. The van der Waals surface area contributed by atoms with Crippen LogP contribution in [0.2, 0.25) is 45.8 Å². The summed E-state index contributed by atoms with van der Waals surface area (Å²) in [5, 5.41) is 17.1. The van der Waals surface area contributed by atoms with E-state index in [0.717, 1.165) is 0 Å². The molecule has 5 aliphatic rings. The molecule has 2 saturated carbocycles. The zero-order chi connectivity index (χ0) is 51.1. The number of ketones is 1. The minimum atomic E-state index is -3.36. The first-order valence-corrected chi connectivity index (χ1v) is 32.8. The van der Waals surface area contributed by atoms with Crippen LogP contribution in [0.15, 0.2) is 71.8 Å². The third-order valence-electron chi connectivity index (χ3n) is 14.3. The van der Waals surface area contributed by atoms with Crippen LogP contribution in [0.4, 0.5) is 4.79 Å². The van der Waals surface area contributed by atoms with Gasteiger partial charge in [0, 0.05) is 25.2 Å². The fourth-order valence-corrected chi connectivity index (χ4v) is 19.5. The Morgan fingerprint density at radius 2 is 1.45 bits per heavy atom. The Balaban J connectivity index is 0.00000469. The van der Waals surface area contributed by atoms with E-state index in [0.29, 0.717) is 16.7 Å². The maximum absolute atomic E-state index is 16.4. The van der Waals surface area contributed by atoms with Crippen molar-refractivity contribution in [1.29, 1.82) is 0 Å². The van der Waals surface area contributed by atoms with Crippen LogP contribution in [0.3, 0.4) is 0 Å². The van der Waals surface area contributed by atoms with Crippen LogP contribution in [-0.2, 0) is 55.5 Å². The van der Waals surface area contributed by atoms with Crippen LogP contribution in [-0.4, -0.2) is 120 Å². The van der Waals surface area contributed by atoms with Crippen molar-refractivity contribution >= 4 is 55.2 Å². The first-order valence-electron chi connectivity index (χ1n) is 23.8. The lowest BCUT2D eigenvalue weighted by Crippen LogP contribution is -2.82. The van der Waals surface area contributed by atoms with Gasteiger partial charge in [-0.2, -0.15) is 0 Å². The normalized spacial score (nSPS) is 32.3. The molecule has 4 fully saturated rings. The predicted octanol–water partition coefficient (Wildman–Crippen LogP) is 8.87. The number of aliphatic hydroxyl groups is 1. The van der Waals surface area contributed by atoms with Gasteiger partial charge in [-0.3, -0.25) is 9.59 Å². The van der Waals surface area contributed by atoms with Gasteiger partial charge < -0.3 is 51.5 Å². The van der Waals surface area contributed by atoms with Gasteiger partial charge in [-0.15, -0.1) is 0 Å². The Bertz CT molecular complexity index is 2370. The summed E-state index contributed by atoms with van der Waals surface area (Å²) >= 11 is 0. The molecular formula is C52H79NO15Si3. The molecule has 2 saturated heterocycles. The summed E-state index contributed by atoms with van der Waals surface area (Å²) in [5.74, 6) is -4.15. The molecule has 16 nitrogen and oxygen atoms in total. The predicted molar refractivity (Wildman–Crippen MR) is 273 cm³/mol. The highest BCUT2D eigenvalue weighted by atomic mass is 28.5. The van der Waals surface area contributed by atoms with E-state index in [1.807, 2.05) is 45.8 Å². The van der Waals surface area contributed by atoms with Crippen LogP contribution in [0.1, 0.15) is 105 Å². The van der Waals surface area contributed by atoms with Crippen LogP contribution < -0.4 is 5.32 Å². The molecule has 0 spiro atoms. The summed E-state index contributed by atoms with van der Waals surface area (Å²) in [6, 6.07) is 16.0. The van der Waals surface area contributed by atoms with Gasteiger partial charge >= 0.3 is 41.1 Å².